The Morgan fingerprint density at radius 3 is 2.79 bits per heavy atom. The molecule has 1 fully saturated rings. The molecule has 1 atom stereocenters. The zero-order chi connectivity index (χ0) is 14.0. The lowest BCUT2D eigenvalue weighted by Gasteiger charge is -2.13. The first-order valence-corrected chi connectivity index (χ1v) is 6.46. The van der Waals surface area contributed by atoms with Crippen molar-refractivity contribution in [3.05, 3.63) is 17.5 Å². The number of aromatic nitrogens is 1. The van der Waals surface area contributed by atoms with Crippen molar-refractivity contribution in [2.45, 2.75) is 39.2 Å². The first kappa shape index (κ1) is 13.5. The monoisotopic (exact) mass is 265 g/mol. The van der Waals surface area contributed by atoms with Gasteiger partial charge in [-0.25, -0.2) is 9.59 Å². The fourth-order valence-electron chi connectivity index (χ4n) is 2.15. The van der Waals surface area contributed by atoms with Gasteiger partial charge in [0, 0.05) is 11.7 Å². The van der Waals surface area contributed by atoms with E-state index in [9.17, 15) is 9.59 Å². The molecule has 2 rings (SSSR count). The molecule has 0 bridgehead atoms. The SMILES string of the molecule is Cc1cc(NC(=O)NC(C)CC2CC2)c(C(=O)O)[nH]1. The Balaban J connectivity index is 1.92. The highest BCUT2D eigenvalue weighted by atomic mass is 16.4. The highest BCUT2D eigenvalue weighted by Crippen LogP contribution is 2.33. The molecule has 19 heavy (non-hydrogen) atoms. The summed E-state index contributed by atoms with van der Waals surface area (Å²) in [7, 11) is 0. The van der Waals surface area contributed by atoms with Crippen molar-refractivity contribution in [2.75, 3.05) is 5.32 Å². The second kappa shape index (κ2) is 5.34. The number of amides is 2. The van der Waals surface area contributed by atoms with Crippen LogP contribution in [0.25, 0.3) is 0 Å². The molecular formula is C13H19N3O3. The summed E-state index contributed by atoms with van der Waals surface area (Å²) < 4.78 is 0. The fraction of sp³-hybridized carbons (Fsp3) is 0.538. The van der Waals surface area contributed by atoms with Crippen molar-refractivity contribution in [1.82, 2.24) is 10.3 Å². The van der Waals surface area contributed by atoms with E-state index >= 15 is 0 Å². The number of carboxylic acid groups (broad SMARTS) is 1. The van der Waals surface area contributed by atoms with Crippen LogP contribution in [0.2, 0.25) is 0 Å². The maximum absolute atomic E-state index is 11.8. The second-order valence-electron chi connectivity index (χ2n) is 5.22. The lowest BCUT2D eigenvalue weighted by molar-refractivity contribution is 0.0692. The predicted molar refractivity (Wildman–Crippen MR) is 71.4 cm³/mol. The molecule has 1 aliphatic carbocycles. The van der Waals surface area contributed by atoms with E-state index in [1.807, 2.05) is 6.92 Å². The topological polar surface area (TPSA) is 94.2 Å². The van der Waals surface area contributed by atoms with E-state index in [0.29, 0.717) is 11.4 Å². The van der Waals surface area contributed by atoms with Gasteiger partial charge in [0.2, 0.25) is 0 Å². The number of aromatic amines is 1. The number of urea groups is 1. The maximum atomic E-state index is 11.8. The third kappa shape index (κ3) is 3.74. The van der Waals surface area contributed by atoms with E-state index < -0.39 is 5.97 Å². The van der Waals surface area contributed by atoms with E-state index in [1.165, 1.54) is 12.8 Å². The minimum atomic E-state index is -1.09. The van der Waals surface area contributed by atoms with E-state index in [0.717, 1.165) is 12.3 Å². The fourth-order valence-corrected chi connectivity index (χ4v) is 2.15. The van der Waals surface area contributed by atoms with Gasteiger partial charge in [0.25, 0.3) is 0 Å². The van der Waals surface area contributed by atoms with Crippen molar-refractivity contribution in [2.24, 2.45) is 5.92 Å². The number of rotatable bonds is 5. The van der Waals surface area contributed by atoms with Crippen LogP contribution in [0.3, 0.4) is 0 Å². The highest BCUT2D eigenvalue weighted by molar-refractivity contribution is 5.99. The molecule has 6 nitrogen and oxygen atoms in total. The number of nitrogens with one attached hydrogen (secondary N) is 3. The Morgan fingerprint density at radius 2 is 2.21 bits per heavy atom. The molecule has 1 saturated carbocycles. The van der Waals surface area contributed by atoms with Crippen LogP contribution < -0.4 is 10.6 Å². The maximum Gasteiger partial charge on any atom is 0.354 e. The van der Waals surface area contributed by atoms with Crippen molar-refractivity contribution in [3.63, 3.8) is 0 Å². The molecule has 0 aliphatic heterocycles. The molecule has 1 aliphatic rings. The van der Waals surface area contributed by atoms with Crippen LogP contribution in [0.5, 0.6) is 0 Å². The summed E-state index contributed by atoms with van der Waals surface area (Å²) in [5.41, 5.74) is 0.988. The van der Waals surface area contributed by atoms with Gasteiger partial charge in [-0.1, -0.05) is 12.8 Å². The average molecular weight is 265 g/mol. The number of carbonyl (C=O) groups excluding carboxylic acids is 1. The van der Waals surface area contributed by atoms with E-state index in [2.05, 4.69) is 15.6 Å². The van der Waals surface area contributed by atoms with Crippen LogP contribution in [0, 0.1) is 12.8 Å². The number of hydrogen-bond acceptors (Lipinski definition) is 2. The van der Waals surface area contributed by atoms with Crippen LogP contribution in [0.4, 0.5) is 10.5 Å². The van der Waals surface area contributed by atoms with Gasteiger partial charge in [0.1, 0.15) is 5.69 Å². The molecule has 0 spiro atoms. The summed E-state index contributed by atoms with van der Waals surface area (Å²) >= 11 is 0. The van der Waals surface area contributed by atoms with Crippen LogP contribution in [-0.4, -0.2) is 28.1 Å². The van der Waals surface area contributed by atoms with Gasteiger partial charge in [0.05, 0.1) is 5.69 Å². The number of carbonyl (C=O) groups is 2. The van der Waals surface area contributed by atoms with Gasteiger partial charge >= 0.3 is 12.0 Å². The zero-order valence-electron chi connectivity index (χ0n) is 11.1. The van der Waals surface area contributed by atoms with Gasteiger partial charge in [-0.3, -0.25) is 0 Å². The average Bonchev–Trinajstić information content (AvgIpc) is 3.00. The summed E-state index contributed by atoms with van der Waals surface area (Å²) in [5, 5.41) is 14.4. The molecule has 0 aromatic carbocycles. The molecule has 104 valence electrons. The summed E-state index contributed by atoms with van der Waals surface area (Å²) in [6.07, 6.45) is 3.47. The molecule has 0 saturated heterocycles. The Morgan fingerprint density at radius 1 is 1.53 bits per heavy atom. The summed E-state index contributed by atoms with van der Waals surface area (Å²) in [6, 6.07) is 1.34. The molecule has 1 aromatic heterocycles. The van der Waals surface area contributed by atoms with Crippen molar-refractivity contribution in [3.8, 4) is 0 Å². The molecule has 1 aromatic rings. The van der Waals surface area contributed by atoms with Gasteiger partial charge < -0.3 is 20.7 Å². The summed E-state index contributed by atoms with van der Waals surface area (Å²) in [6.45, 7) is 3.70. The number of carboxylic acids is 1. The molecule has 1 heterocycles. The second-order valence-corrected chi connectivity index (χ2v) is 5.22. The van der Waals surface area contributed by atoms with Crippen molar-refractivity contribution in [1.29, 1.82) is 0 Å². The van der Waals surface area contributed by atoms with Gasteiger partial charge in [-0.15, -0.1) is 0 Å². The van der Waals surface area contributed by atoms with Crippen LogP contribution in [0.1, 0.15) is 42.4 Å². The minimum absolute atomic E-state index is 0.00231. The molecule has 0 radical (unpaired) electrons. The van der Waals surface area contributed by atoms with Gasteiger partial charge in [-0.2, -0.15) is 0 Å². The quantitative estimate of drug-likeness (QED) is 0.658. The molecular weight excluding hydrogens is 246 g/mol. The lowest BCUT2D eigenvalue weighted by Crippen LogP contribution is -2.36. The van der Waals surface area contributed by atoms with Gasteiger partial charge in [0.15, 0.2) is 0 Å². The molecule has 4 N–H and O–H groups in total. The van der Waals surface area contributed by atoms with Crippen LogP contribution in [-0.2, 0) is 0 Å². The molecule has 2 amide bonds. The number of anilines is 1. The predicted octanol–water partition coefficient (Wildman–Crippen LogP) is 2.33. The Bertz CT molecular complexity index is 491. The number of hydrogen-bond donors (Lipinski definition) is 4. The highest BCUT2D eigenvalue weighted by Gasteiger charge is 2.24. The zero-order valence-corrected chi connectivity index (χ0v) is 11.1. The number of aromatic carboxylic acids is 1. The van der Waals surface area contributed by atoms with Crippen LogP contribution >= 0.6 is 0 Å². The normalized spacial score (nSPS) is 15.9. The smallest absolute Gasteiger partial charge is 0.354 e. The standard InChI is InChI=1S/C13H19N3O3/c1-7(5-9-3-4-9)15-13(19)16-10-6-8(2)14-11(10)12(17)18/h6-7,9,14H,3-5H2,1-2H3,(H,17,18)(H2,15,16,19). The number of H-pyrrole nitrogens is 1. The molecule has 6 heteroatoms. The van der Waals surface area contributed by atoms with Crippen LogP contribution in [0.15, 0.2) is 6.07 Å². The largest absolute Gasteiger partial charge is 0.477 e. The minimum Gasteiger partial charge on any atom is -0.477 e. The van der Waals surface area contributed by atoms with Crippen molar-refractivity contribution < 1.29 is 14.7 Å². The third-order valence-electron chi connectivity index (χ3n) is 3.18. The van der Waals surface area contributed by atoms with E-state index in [4.69, 9.17) is 5.11 Å². The van der Waals surface area contributed by atoms with E-state index in [-0.39, 0.29) is 17.8 Å². The van der Waals surface area contributed by atoms with Crippen molar-refractivity contribution >= 4 is 17.7 Å². The lowest BCUT2D eigenvalue weighted by atomic mass is 10.2. The van der Waals surface area contributed by atoms with Gasteiger partial charge in [-0.05, 0) is 32.3 Å². The molecule has 1 unspecified atom stereocenters. The van der Waals surface area contributed by atoms with E-state index in [1.54, 1.807) is 13.0 Å². The Hall–Kier alpha value is -1.98. The Labute approximate surface area is 111 Å². The first-order chi connectivity index (χ1) is 8.95. The third-order valence-corrected chi connectivity index (χ3v) is 3.18. The Kier molecular flexibility index (Phi) is 3.78. The summed E-state index contributed by atoms with van der Waals surface area (Å²) in [4.78, 5) is 25.5. The number of aryl methyl sites for hydroxylation is 1. The summed E-state index contributed by atoms with van der Waals surface area (Å²) in [5.74, 6) is -0.353. The first-order valence-electron chi connectivity index (χ1n) is 6.46.